The minimum Gasteiger partial charge on any atom is -0.458 e. The Morgan fingerprint density at radius 1 is 0.733 bits per heavy atom. The normalized spacial score (nSPS) is 54.4. The van der Waals surface area contributed by atoms with Crippen molar-refractivity contribution in [2.45, 2.75) is 197 Å². The number of carbonyl (C=O) groups excluding carboxylic acids is 1. The lowest BCUT2D eigenvalue weighted by Gasteiger charge is -2.67. The van der Waals surface area contributed by atoms with Gasteiger partial charge in [-0.3, -0.25) is 0 Å². The number of esters is 1. The molecule has 3 saturated heterocycles. The molecule has 4 saturated carbocycles. The van der Waals surface area contributed by atoms with Crippen LogP contribution in [0.15, 0.2) is 11.6 Å². The summed E-state index contributed by atoms with van der Waals surface area (Å²) in [7, 11) is 3.01. The average molecular weight is 855 g/mol. The predicted molar refractivity (Wildman–Crippen MR) is 210 cm³/mol. The molecule has 4 heterocycles. The molecule has 8 rings (SSSR count). The lowest BCUT2D eigenvalue weighted by Crippen LogP contribution is -2.65. The summed E-state index contributed by atoms with van der Waals surface area (Å²) in [6.45, 7) is 10.5. The maximum absolute atomic E-state index is 12.7. The van der Waals surface area contributed by atoms with Gasteiger partial charge in [0.25, 0.3) is 0 Å². The SMILES string of the molecule is COC1CC(OC2CCC3(C)C4CCC5(C)C(C6=CC(=O)OC6)CCC5(O)C4CCC3(C)C2)OC(C)C1OC1OC(C)C(OC2OC(CO)C(O)C(O)C2O)C(OC)C1O. The summed E-state index contributed by atoms with van der Waals surface area (Å²) in [4.78, 5) is 12.0. The Morgan fingerprint density at radius 2 is 1.42 bits per heavy atom. The van der Waals surface area contributed by atoms with Crippen LogP contribution in [-0.4, -0.2) is 162 Å². The summed E-state index contributed by atoms with van der Waals surface area (Å²) in [6.07, 6.45) is -4.36. The Balaban J connectivity index is 0.877. The Kier molecular flexibility index (Phi) is 12.7. The molecule has 4 aliphatic carbocycles. The molecule has 60 heavy (non-hydrogen) atoms. The van der Waals surface area contributed by atoms with E-state index in [4.69, 9.17) is 42.6 Å². The van der Waals surface area contributed by atoms with Crippen LogP contribution in [0, 0.1) is 34.0 Å². The molecule has 7 fully saturated rings. The monoisotopic (exact) mass is 854 g/mol. The number of aliphatic hydroxyl groups is 6. The fourth-order valence-electron chi connectivity index (χ4n) is 13.6. The van der Waals surface area contributed by atoms with Gasteiger partial charge in [-0.05, 0) is 106 Å². The molecule has 6 N–H and O–H groups in total. The van der Waals surface area contributed by atoms with E-state index < -0.39 is 98.2 Å². The van der Waals surface area contributed by atoms with Crippen LogP contribution in [0.3, 0.4) is 0 Å². The van der Waals surface area contributed by atoms with Crippen LogP contribution in [-0.2, 0) is 47.4 Å². The van der Waals surface area contributed by atoms with Crippen molar-refractivity contribution in [2.75, 3.05) is 27.4 Å². The molecule has 0 amide bonds. The molecule has 8 aliphatic rings. The summed E-state index contributed by atoms with van der Waals surface area (Å²) in [5, 5.41) is 64.8. The molecular weight excluding hydrogens is 784 g/mol. The van der Waals surface area contributed by atoms with Crippen molar-refractivity contribution < 1.29 is 78.1 Å². The minimum absolute atomic E-state index is 0.0149. The van der Waals surface area contributed by atoms with E-state index in [-0.39, 0.29) is 40.2 Å². The number of carbonyl (C=O) groups is 1. The third-order valence-electron chi connectivity index (χ3n) is 17.4. The summed E-state index contributed by atoms with van der Waals surface area (Å²) >= 11 is 0. The van der Waals surface area contributed by atoms with Crippen molar-refractivity contribution >= 4 is 5.97 Å². The average Bonchev–Trinajstić information content (AvgIpc) is 3.76. The molecule has 0 bridgehead atoms. The van der Waals surface area contributed by atoms with Crippen LogP contribution in [0.1, 0.15) is 98.8 Å². The highest BCUT2D eigenvalue weighted by molar-refractivity contribution is 5.85. The van der Waals surface area contributed by atoms with Crippen LogP contribution < -0.4 is 0 Å². The third-order valence-corrected chi connectivity index (χ3v) is 17.4. The number of ether oxygens (including phenoxy) is 9. The maximum Gasteiger partial charge on any atom is 0.331 e. The highest BCUT2D eigenvalue weighted by Gasteiger charge is 2.69. The molecule has 0 aromatic heterocycles. The molecule has 16 heteroatoms. The standard InChI is InChI=1S/C44H70O16/c1-21-36(59-40-35(50)38(53-7)37(22(2)56-40)60-39-34(49)33(48)32(47)29(19-45)58-39)28(52-6)17-31(55-21)57-24-8-13-42(4)26-10-14-43(5)25(23-16-30(46)54-20-23)11-15-44(43,51)27(26)9-12-41(42,3)18-24/h16,21-22,24-29,31-40,45,47-51H,8-15,17-20H2,1-7H3. The minimum atomic E-state index is -1.64. The van der Waals surface area contributed by atoms with E-state index in [0.29, 0.717) is 18.9 Å². The Hall–Kier alpha value is -1.35. The maximum atomic E-state index is 12.7. The van der Waals surface area contributed by atoms with E-state index in [2.05, 4.69) is 20.8 Å². The fourth-order valence-corrected chi connectivity index (χ4v) is 13.6. The van der Waals surface area contributed by atoms with Crippen molar-refractivity contribution in [1.82, 2.24) is 0 Å². The van der Waals surface area contributed by atoms with Gasteiger partial charge in [0, 0.05) is 32.1 Å². The first kappa shape index (κ1) is 45.2. The van der Waals surface area contributed by atoms with Crippen molar-refractivity contribution in [3.05, 3.63) is 11.6 Å². The second-order valence-corrected chi connectivity index (χ2v) is 20.1. The van der Waals surface area contributed by atoms with E-state index in [1.165, 1.54) is 7.11 Å². The van der Waals surface area contributed by atoms with E-state index >= 15 is 0 Å². The van der Waals surface area contributed by atoms with Crippen LogP contribution in [0.5, 0.6) is 0 Å². The predicted octanol–water partition coefficient (Wildman–Crippen LogP) is 1.86. The van der Waals surface area contributed by atoms with Gasteiger partial charge >= 0.3 is 5.97 Å². The van der Waals surface area contributed by atoms with E-state index in [9.17, 15) is 35.4 Å². The molecule has 4 aliphatic heterocycles. The summed E-state index contributed by atoms with van der Waals surface area (Å²) in [5.41, 5.74) is 0.0801. The lowest BCUT2D eigenvalue weighted by molar-refractivity contribution is -0.371. The van der Waals surface area contributed by atoms with Gasteiger partial charge in [0.05, 0.1) is 36.6 Å². The molecule has 342 valence electrons. The topological polar surface area (TPSA) is 222 Å². The van der Waals surface area contributed by atoms with Crippen molar-refractivity contribution in [1.29, 1.82) is 0 Å². The van der Waals surface area contributed by atoms with Gasteiger partial charge in [0.15, 0.2) is 18.9 Å². The molecule has 0 aromatic carbocycles. The second kappa shape index (κ2) is 16.9. The van der Waals surface area contributed by atoms with Gasteiger partial charge in [0.2, 0.25) is 0 Å². The first-order valence-corrected chi connectivity index (χ1v) is 22.3. The molecule has 0 aromatic rings. The summed E-state index contributed by atoms with van der Waals surface area (Å²) in [6, 6.07) is 0. The van der Waals surface area contributed by atoms with Gasteiger partial charge in [-0.1, -0.05) is 20.8 Å². The van der Waals surface area contributed by atoms with Gasteiger partial charge in [-0.25, -0.2) is 4.79 Å². The molecule has 22 atom stereocenters. The van der Waals surface area contributed by atoms with Gasteiger partial charge in [-0.15, -0.1) is 0 Å². The van der Waals surface area contributed by atoms with Gasteiger partial charge in [-0.2, -0.15) is 0 Å². The highest BCUT2D eigenvalue weighted by Crippen LogP contribution is 2.72. The smallest absolute Gasteiger partial charge is 0.331 e. The summed E-state index contributed by atoms with van der Waals surface area (Å²) < 4.78 is 54.3. The van der Waals surface area contributed by atoms with Crippen molar-refractivity contribution in [3.8, 4) is 0 Å². The Labute approximate surface area is 353 Å². The number of aliphatic hydroxyl groups excluding tert-OH is 5. The Bertz CT molecular complexity index is 1580. The van der Waals surface area contributed by atoms with Crippen LogP contribution in [0.2, 0.25) is 0 Å². The zero-order chi connectivity index (χ0) is 43.1. The van der Waals surface area contributed by atoms with E-state index in [1.807, 2.05) is 6.92 Å². The number of rotatable bonds is 10. The number of hydrogen-bond donors (Lipinski definition) is 6. The number of hydrogen-bond acceptors (Lipinski definition) is 16. The quantitative estimate of drug-likeness (QED) is 0.136. The fraction of sp³-hybridized carbons (Fsp3) is 0.932. The molecular formula is C44H70O16. The summed E-state index contributed by atoms with van der Waals surface area (Å²) in [5.74, 6) is 0.526. The van der Waals surface area contributed by atoms with Crippen LogP contribution >= 0.6 is 0 Å². The van der Waals surface area contributed by atoms with E-state index in [1.54, 1.807) is 20.1 Å². The molecule has 0 spiro atoms. The lowest BCUT2D eigenvalue weighted by atomic mass is 9.39. The van der Waals surface area contributed by atoms with Gasteiger partial charge < -0.3 is 73.3 Å². The first-order valence-electron chi connectivity index (χ1n) is 22.3. The Morgan fingerprint density at radius 3 is 2.10 bits per heavy atom. The third kappa shape index (κ3) is 7.34. The van der Waals surface area contributed by atoms with E-state index in [0.717, 1.165) is 63.4 Å². The zero-order valence-corrected chi connectivity index (χ0v) is 36.2. The van der Waals surface area contributed by atoms with Gasteiger partial charge in [0.1, 0.15) is 55.4 Å². The number of methoxy groups -OCH3 is 2. The molecule has 22 unspecified atom stereocenters. The number of fused-ring (bicyclic) bond motifs is 5. The van der Waals surface area contributed by atoms with Crippen LogP contribution in [0.25, 0.3) is 0 Å². The molecule has 16 nitrogen and oxygen atoms in total. The van der Waals surface area contributed by atoms with Crippen molar-refractivity contribution in [2.24, 2.45) is 34.0 Å². The zero-order valence-electron chi connectivity index (χ0n) is 36.2. The second-order valence-electron chi connectivity index (χ2n) is 20.1. The largest absolute Gasteiger partial charge is 0.458 e. The van der Waals surface area contributed by atoms with Crippen molar-refractivity contribution in [3.63, 3.8) is 0 Å². The van der Waals surface area contributed by atoms with Crippen LogP contribution in [0.4, 0.5) is 0 Å². The molecule has 0 radical (unpaired) electrons. The first-order chi connectivity index (χ1) is 28.4. The number of cyclic esters (lactones) is 1. The highest BCUT2D eigenvalue weighted by atomic mass is 16.8.